The van der Waals surface area contributed by atoms with E-state index in [0.717, 1.165) is 36.6 Å². The second-order valence-corrected chi connectivity index (χ2v) is 5.55. The number of aryl methyl sites for hydroxylation is 2. The number of nitrogens with one attached hydrogen (secondary N) is 1. The van der Waals surface area contributed by atoms with E-state index in [0.29, 0.717) is 0 Å². The Kier molecular flexibility index (Phi) is 5.83. The van der Waals surface area contributed by atoms with Crippen LogP contribution in [0.2, 0.25) is 5.02 Å². The molecule has 0 bridgehead atoms. The van der Waals surface area contributed by atoms with Crippen molar-refractivity contribution in [3.05, 3.63) is 52.3 Å². The Labute approximate surface area is 132 Å². The van der Waals surface area contributed by atoms with Gasteiger partial charge in [0.15, 0.2) is 0 Å². The van der Waals surface area contributed by atoms with Gasteiger partial charge in [0.1, 0.15) is 0 Å². The molecule has 0 aliphatic rings. The SMILES string of the molecule is CCCn1ncc(Cl)c1C(NCC)c1ccccc1CC. The summed E-state index contributed by atoms with van der Waals surface area (Å²) in [4.78, 5) is 0. The summed E-state index contributed by atoms with van der Waals surface area (Å²) in [5.74, 6) is 0. The van der Waals surface area contributed by atoms with Crippen LogP contribution in [0.15, 0.2) is 30.5 Å². The van der Waals surface area contributed by atoms with Crippen LogP contribution in [0.4, 0.5) is 0 Å². The van der Waals surface area contributed by atoms with E-state index in [4.69, 9.17) is 11.6 Å². The van der Waals surface area contributed by atoms with Crippen LogP contribution >= 0.6 is 11.6 Å². The lowest BCUT2D eigenvalue weighted by Crippen LogP contribution is -2.26. The first-order chi connectivity index (χ1) is 10.2. The maximum Gasteiger partial charge on any atom is 0.0837 e. The molecular formula is C17H24ClN3. The van der Waals surface area contributed by atoms with Gasteiger partial charge in [0, 0.05) is 6.54 Å². The predicted octanol–water partition coefficient (Wildman–Crippen LogP) is 4.21. The van der Waals surface area contributed by atoms with Crippen molar-refractivity contribution in [2.24, 2.45) is 0 Å². The van der Waals surface area contributed by atoms with E-state index in [1.165, 1.54) is 11.1 Å². The molecule has 1 unspecified atom stereocenters. The molecule has 0 spiro atoms. The topological polar surface area (TPSA) is 29.9 Å². The van der Waals surface area contributed by atoms with E-state index in [-0.39, 0.29) is 6.04 Å². The Morgan fingerprint density at radius 1 is 1.24 bits per heavy atom. The normalized spacial score (nSPS) is 12.6. The Balaban J connectivity index is 2.51. The zero-order valence-electron chi connectivity index (χ0n) is 13.1. The Morgan fingerprint density at radius 3 is 2.67 bits per heavy atom. The molecule has 1 atom stereocenters. The standard InChI is InChI=1S/C17H24ClN3/c1-4-11-21-17(15(18)12-20-21)16(19-6-3)14-10-8-7-9-13(14)5-2/h7-10,12,16,19H,4-6,11H2,1-3H3. The van der Waals surface area contributed by atoms with Crippen LogP contribution in [0.1, 0.15) is 50.1 Å². The van der Waals surface area contributed by atoms with Crippen LogP contribution in [0, 0.1) is 0 Å². The average Bonchev–Trinajstić information content (AvgIpc) is 2.86. The molecule has 1 aromatic carbocycles. The van der Waals surface area contributed by atoms with Gasteiger partial charge < -0.3 is 5.32 Å². The van der Waals surface area contributed by atoms with Gasteiger partial charge in [-0.3, -0.25) is 4.68 Å². The summed E-state index contributed by atoms with van der Waals surface area (Å²) < 4.78 is 2.03. The minimum atomic E-state index is 0.0905. The second kappa shape index (κ2) is 7.62. The van der Waals surface area contributed by atoms with Gasteiger partial charge >= 0.3 is 0 Å². The highest BCUT2D eigenvalue weighted by molar-refractivity contribution is 6.31. The van der Waals surface area contributed by atoms with E-state index < -0.39 is 0 Å². The van der Waals surface area contributed by atoms with Crippen molar-refractivity contribution in [2.45, 2.75) is 46.2 Å². The number of benzene rings is 1. The molecule has 0 saturated carbocycles. The van der Waals surface area contributed by atoms with Crippen molar-refractivity contribution >= 4 is 11.6 Å². The molecule has 1 heterocycles. The summed E-state index contributed by atoms with van der Waals surface area (Å²) in [6, 6.07) is 8.65. The zero-order valence-corrected chi connectivity index (χ0v) is 13.8. The summed E-state index contributed by atoms with van der Waals surface area (Å²) in [5, 5.41) is 8.74. The molecular weight excluding hydrogens is 282 g/mol. The summed E-state index contributed by atoms with van der Waals surface area (Å²) in [6.45, 7) is 8.24. The molecule has 21 heavy (non-hydrogen) atoms. The van der Waals surface area contributed by atoms with Gasteiger partial charge in [-0.05, 0) is 30.5 Å². The quantitative estimate of drug-likeness (QED) is 0.830. The van der Waals surface area contributed by atoms with Crippen LogP contribution < -0.4 is 5.32 Å². The fourth-order valence-corrected chi connectivity index (χ4v) is 3.00. The first-order valence-corrected chi connectivity index (χ1v) is 8.13. The van der Waals surface area contributed by atoms with E-state index in [1.54, 1.807) is 6.20 Å². The lowest BCUT2D eigenvalue weighted by atomic mass is 9.96. The van der Waals surface area contributed by atoms with Gasteiger partial charge in [0.05, 0.1) is 23.0 Å². The maximum atomic E-state index is 6.43. The minimum absolute atomic E-state index is 0.0905. The molecule has 3 nitrogen and oxygen atoms in total. The lowest BCUT2D eigenvalue weighted by molar-refractivity contribution is 0.519. The number of halogens is 1. The van der Waals surface area contributed by atoms with Crippen molar-refractivity contribution in [2.75, 3.05) is 6.54 Å². The lowest BCUT2D eigenvalue weighted by Gasteiger charge is -2.23. The highest BCUT2D eigenvalue weighted by Crippen LogP contribution is 2.30. The Bertz CT molecular complexity index is 577. The summed E-state index contributed by atoms with van der Waals surface area (Å²) >= 11 is 6.43. The smallest absolute Gasteiger partial charge is 0.0837 e. The highest BCUT2D eigenvalue weighted by Gasteiger charge is 2.22. The van der Waals surface area contributed by atoms with Gasteiger partial charge in [0.25, 0.3) is 0 Å². The van der Waals surface area contributed by atoms with Gasteiger partial charge in [0.2, 0.25) is 0 Å². The predicted molar refractivity (Wildman–Crippen MR) is 88.9 cm³/mol. The van der Waals surface area contributed by atoms with E-state index in [2.05, 4.69) is 55.5 Å². The molecule has 0 radical (unpaired) electrons. The van der Waals surface area contributed by atoms with Crippen LogP contribution in [-0.2, 0) is 13.0 Å². The molecule has 0 fully saturated rings. The molecule has 2 rings (SSSR count). The maximum absolute atomic E-state index is 6.43. The van der Waals surface area contributed by atoms with Crippen molar-refractivity contribution in [1.29, 1.82) is 0 Å². The molecule has 0 saturated heterocycles. The van der Waals surface area contributed by atoms with Gasteiger partial charge in [-0.1, -0.05) is 56.6 Å². The molecule has 0 aliphatic heterocycles. The molecule has 1 aromatic heterocycles. The molecule has 0 aliphatic carbocycles. The van der Waals surface area contributed by atoms with Crippen molar-refractivity contribution in [1.82, 2.24) is 15.1 Å². The van der Waals surface area contributed by atoms with Crippen LogP contribution in [-0.4, -0.2) is 16.3 Å². The van der Waals surface area contributed by atoms with E-state index >= 15 is 0 Å². The number of hydrogen-bond acceptors (Lipinski definition) is 2. The third kappa shape index (κ3) is 3.47. The second-order valence-electron chi connectivity index (χ2n) is 5.14. The molecule has 1 N–H and O–H groups in total. The molecule has 0 amide bonds. The molecule has 4 heteroatoms. The fraction of sp³-hybridized carbons (Fsp3) is 0.471. The fourth-order valence-electron chi connectivity index (χ4n) is 2.74. The Hall–Kier alpha value is -1.32. The van der Waals surface area contributed by atoms with Gasteiger partial charge in [-0.2, -0.15) is 5.10 Å². The number of nitrogens with zero attached hydrogens (tertiary/aromatic N) is 2. The largest absolute Gasteiger partial charge is 0.305 e. The summed E-state index contributed by atoms with van der Waals surface area (Å²) in [6.07, 6.45) is 3.81. The first kappa shape index (κ1) is 16.1. The third-order valence-electron chi connectivity index (χ3n) is 3.70. The first-order valence-electron chi connectivity index (χ1n) is 7.75. The monoisotopic (exact) mass is 305 g/mol. The number of hydrogen-bond donors (Lipinski definition) is 1. The zero-order chi connectivity index (χ0) is 15.2. The van der Waals surface area contributed by atoms with Crippen molar-refractivity contribution in [3.8, 4) is 0 Å². The van der Waals surface area contributed by atoms with Crippen molar-refractivity contribution < 1.29 is 0 Å². The highest BCUT2D eigenvalue weighted by atomic mass is 35.5. The molecule has 114 valence electrons. The van der Waals surface area contributed by atoms with Gasteiger partial charge in [-0.15, -0.1) is 0 Å². The van der Waals surface area contributed by atoms with Gasteiger partial charge in [-0.25, -0.2) is 0 Å². The Morgan fingerprint density at radius 2 is 2.00 bits per heavy atom. The van der Waals surface area contributed by atoms with Crippen molar-refractivity contribution in [3.63, 3.8) is 0 Å². The molecule has 2 aromatic rings. The van der Waals surface area contributed by atoms with Crippen LogP contribution in [0.25, 0.3) is 0 Å². The average molecular weight is 306 g/mol. The van der Waals surface area contributed by atoms with Crippen LogP contribution in [0.5, 0.6) is 0 Å². The van der Waals surface area contributed by atoms with E-state index in [1.807, 2.05) is 4.68 Å². The summed E-state index contributed by atoms with van der Waals surface area (Å²) in [5.41, 5.74) is 3.71. The minimum Gasteiger partial charge on any atom is -0.305 e. The third-order valence-corrected chi connectivity index (χ3v) is 3.99. The summed E-state index contributed by atoms with van der Waals surface area (Å²) in [7, 11) is 0. The van der Waals surface area contributed by atoms with E-state index in [9.17, 15) is 0 Å². The van der Waals surface area contributed by atoms with Crippen LogP contribution in [0.3, 0.4) is 0 Å². The number of aromatic nitrogens is 2. The number of rotatable bonds is 7.